The number of carbonyl (C=O) groups is 2. The molecule has 3 aliphatic rings. The lowest BCUT2D eigenvalue weighted by Gasteiger charge is -2.35. The van der Waals surface area contributed by atoms with E-state index in [1.54, 1.807) is 0 Å². The van der Waals surface area contributed by atoms with Crippen LogP contribution in [0.4, 0.5) is 0 Å². The lowest BCUT2D eigenvalue weighted by atomic mass is 9.87. The number of benzene rings is 1. The Balaban J connectivity index is 1.40. The van der Waals surface area contributed by atoms with Crippen LogP contribution in [0, 0.1) is 17.8 Å². The van der Waals surface area contributed by atoms with Crippen molar-refractivity contribution in [1.29, 1.82) is 0 Å². The lowest BCUT2D eigenvalue weighted by molar-refractivity contribution is -0.148. The highest BCUT2D eigenvalue weighted by Crippen LogP contribution is 2.50. The molecular weight excluding hydrogens is 322 g/mol. The van der Waals surface area contributed by atoms with Gasteiger partial charge in [-0.25, -0.2) is 0 Å². The van der Waals surface area contributed by atoms with Gasteiger partial charge in [-0.05, 0) is 42.4 Å². The van der Waals surface area contributed by atoms with Crippen molar-refractivity contribution in [1.82, 2.24) is 4.90 Å². The summed E-state index contributed by atoms with van der Waals surface area (Å²) in [5, 5.41) is 9.22. The number of fused-ring (bicyclic) bond motifs is 1. The minimum Gasteiger partial charge on any atom is -0.486 e. The zero-order valence-electron chi connectivity index (χ0n) is 14.3. The van der Waals surface area contributed by atoms with Gasteiger partial charge < -0.3 is 19.5 Å². The Labute approximate surface area is 146 Å². The summed E-state index contributed by atoms with van der Waals surface area (Å²) in [6.07, 6.45) is 1.40. The Morgan fingerprint density at radius 3 is 2.64 bits per heavy atom. The number of piperidine rings is 1. The molecule has 2 aliphatic heterocycles. The number of carboxylic acid groups (broad SMARTS) is 1. The molecule has 0 radical (unpaired) electrons. The van der Waals surface area contributed by atoms with Crippen molar-refractivity contribution in [2.24, 2.45) is 17.8 Å². The van der Waals surface area contributed by atoms with Gasteiger partial charge in [-0.1, -0.05) is 13.0 Å². The summed E-state index contributed by atoms with van der Waals surface area (Å²) in [5.41, 5.74) is 1.12. The van der Waals surface area contributed by atoms with Crippen molar-refractivity contribution >= 4 is 11.9 Å². The van der Waals surface area contributed by atoms with Crippen molar-refractivity contribution in [2.75, 3.05) is 26.3 Å². The summed E-state index contributed by atoms with van der Waals surface area (Å²) >= 11 is 0. The summed E-state index contributed by atoms with van der Waals surface area (Å²) in [7, 11) is 0. The van der Waals surface area contributed by atoms with E-state index in [-0.39, 0.29) is 29.6 Å². The van der Waals surface area contributed by atoms with Crippen LogP contribution in [0.15, 0.2) is 18.2 Å². The maximum atomic E-state index is 12.8. The van der Waals surface area contributed by atoms with Gasteiger partial charge in [-0.3, -0.25) is 9.59 Å². The number of nitrogens with zero attached hydrogens (tertiary/aromatic N) is 1. The third kappa shape index (κ3) is 3.05. The Morgan fingerprint density at radius 1 is 1.16 bits per heavy atom. The van der Waals surface area contributed by atoms with Crippen LogP contribution in [0.2, 0.25) is 0 Å². The van der Waals surface area contributed by atoms with Crippen LogP contribution in [0.25, 0.3) is 0 Å². The molecule has 2 fully saturated rings. The fraction of sp³-hybridized carbons (Fsp3) is 0.579. The first-order valence-corrected chi connectivity index (χ1v) is 8.95. The molecular formula is C19H23NO5. The topological polar surface area (TPSA) is 76.1 Å². The molecule has 6 heteroatoms. The highest BCUT2D eigenvalue weighted by molar-refractivity contribution is 5.83. The highest BCUT2D eigenvalue weighted by Gasteiger charge is 2.47. The molecule has 0 spiro atoms. The third-order valence-electron chi connectivity index (χ3n) is 5.64. The third-order valence-corrected chi connectivity index (χ3v) is 5.64. The monoisotopic (exact) mass is 345 g/mol. The first-order chi connectivity index (χ1) is 12.0. The van der Waals surface area contributed by atoms with Crippen LogP contribution >= 0.6 is 0 Å². The molecule has 134 valence electrons. The van der Waals surface area contributed by atoms with E-state index in [1.807, 2.05) is 30.0 Å². The molecule has 1 amide bonds. The first kappa shape index (κ1) is 16.2. The zero-order valence-corrected chi connectivity index (χ0v) is 14.3. The van der Waals surface area contributed by atoms with E-state index in [4.69, 9.17) is 9.47 Å². The molecule has 25 heavy (non-hydrogen) atoms. The number of carboxylic acids is 1. The Kier molecular flexibility index (Phi) is 4.06. The minimum atomic E-state index is -0.750. The number of hydrogen-bond acceptors (Lipinski definition) is 4. The number of carbonyl (C=O) groups excluding carboxylic acids is 1. The summed E-state index contributed by atoms with van der Waals surface area (Å²) in [5.74, 6) is 0.849. The summed E-state index contributed by atoms with van der Waals surface area (Å²) in [4.78, 5) is 25.8. The van der Waals surface area contributed by atoms with E-state index in [0.717, 1.165) is 23.5 Å². The lowest BCUT2D eigenvalue weighted by Crippen LogP contribution is -2.45. The number of amides is 1. The number of hydrogen-bond donors (Lipinski definition) is 1. The van der Waals surface area contributed by atoms with Gasteiger partial charge in [0.15, 0.2) is 11.5 Å². The van der Waals surface area contributed by atoms with Crippen LogP contribution < -0.4 is 9.47 Å². The second-order valence-corrected chi connectivity index (χ2v) is 7.35. The van der Waals surface area contributed by atoms with E-state index in [9.17, 15) is 14.7 Å². The fourth-order valence-corrected chi connectivity index (χ4v) is 4.07. The van der Waals surface area contributed by atoms with Crippen molar-refractivity contribution in [3.63, 3.8) is 0 Å². The number of likely N-dealkylation sites (tertiary alicyclic amines) is 1. The minimum absolute atomic E-state index is 0.00157. The zero-order chi connectivity index (χ0) is 17.6. The second kappa shape index (κ2) is 6.24. The molecule has 1 aromatic rings. The predicted octanol–water partition coefficient (Wildman–Crippen LogP) is 2.13. The molecule has 1 saturated carbocycles. The number of rotatable bonds is 3. The van der Waals surface area contributed by atoms with Crippen LogP contribution in [0.5, 0.6) is 11.5 Å². The largest absolute Gasteiger partial charge is 0.486 e. The average molecular weight is 345 g/mol. The second-order valence-electron chi connectivity index (χ2n) is 7.35. The van der Waals surface area contributed by atoms with Gasteiger partial charge in [0.1, 0.15) is 13.2 Å². The molecule has 4 unspecified atom stereocenters. The smallest absolute Gasteiger partial charge is 0.306 e. The van der Waals surface area contributed by atoms with E-state index in [0.29, 0.717) is 32.7 Å². The molecule has 4 rings (SSSR count). The van der Waals surface area contributed by atoms with Crippen LogP contribution in [0.3, 0.4) is 0 Å². The van der Waals surface area contributed by atoms with Crippen LogP contribution in [-0.4, -0.2) is 48.2 Å². The van der Waals surface area contributed by atoms with Crippen molar-refractivity contribution < 1.29 is 24.2 Å². The molecule has 2 heterocycles. The van der Waals surface area contributed by atoms with Crippen LogP contribution in [0.1, 0.15) is 31.2 Å². The fourth-order valence-electron chi connectivity index (χ4n) is 4.07. The van der Waals surface area contributed by atoms with Gasteiger partial charge in [-0.2, -0.15) is 0 Å². The molecule has 1 N–H and O–H groups in total. The number of aliphatic carboxylic acids is 1. The van der Waals surface area contributed by atoms with E-state index >= 15 is 0 Å². The quantitative estimate of drug-likeness (QED) is 0.908. The Morgan fingerprint density at radius 2 is 1.92 bits per heavy atom. The maximum Gasteiger partial charge on any atom is 0.306 e. The van der Waals surface area contributed by atoms with Crippen molar-refractivity contribution in [2.45, 2.75) is 25.7 Å². The molecule has 6 nitrogen and oxygen atoms in total. The molecule has 4 atom stereocenters. The van der Waals surface area contributed by atoms with Gasteiger partial charge in [0.05, 0.1) is 5.92 Å². The Hall–Kier alpha value is -2.24. The van der Waals surface area contributed by atoms with Gasteiger partial charge in [0, 0.05) is 19.0 Å². The molecule has 1 aliphatic carbocycles. The predicted molar refractivity (Wildman–Crippen MR) is 89.8 cm³/mol. The van der Waals surface area contributed by atoms with Gasteiger partial charge in [0.25, 0.3) is 0 Å². The van der Waals surface area contributed by atoms with Gasteiger partial charge in [-0.15, -0.1) is 0 Å². The Bertz CT molecular complexity index is 703. The normalized spacial score (nSPS) is 30.7. The summed E-state index contributed by atoms with van der Waals surface area (Å²) < 4.78 is 11.2. The van der Waals surface area contributed by atoms with E-state index in [2.05, 4.69) is 0 Å². The van der Waals surface area contributed by atoms with E-state index < -0.39 is 5.97 Å². The molecule has 1 aromatic carbocycles. The summed E-state index contributed by atoms with van der Waals surface area (Å²) in [6.45, 7) is 4.13. The summed E-state index contributed by atoms with van der Waals surface area (Å²) in [6, 6.07) is 5.93. The average Bonchev–Trinajstić information content (AvgIpc) is 3.41. The van der Waals surface area contributed by atoms with Crippen molar-refractivity contribution in [3.05, 3.63) is 23.8 Å². The van der Waals surface area contributed by atoms with Gasteiger partial charge >= 0.3 is 5.97 Å². The first-order valence-electron chi connectivity index (χ1n) is 8.95. The highest BCUT2D eigenvalue weighted by atomic mass is 16.6. The van der Waals surface area contributed by atoms with Crippen molar-refractivity contribution in [3.8, 4) is 11.5 Å². The SMILES string of the molecule is CC1CN(C(=O)C2CC2c2ccc3c(c2)OCCO3)CCC1C(=O)O. The standard InChI is InChI=1S/C19H23NO5/c1-11-10-20(5-4-13(11)19(22)23)18(21)15-9-14(15)12-2-3-16-17(8-12)25-7-6-24-16/h2-3,8,11,13-15H,4-7,9-10H2,1H3,(H,22,23). The molecule has 0 bridgehead atoms. The van der Waals surface area contributed by atoms with Crippen LogP contribution in [-0.2, 0) is 9.59 Å². The van der Waals surface area contributed by atoms with E-state index in [1.165, 1.54) is 0 Å². The number of ether oxygens (including phenoxy) is 2. The molecule has 0 aromatic heterocycles. The molecule has 1 saturated heterocycles. The maximum absolute atomic E-state index is 12.8. The van der Waals surface area contributed by atoms with Gasteiger partial charge in [0.2, 0.25) is 5.91 Å².